The molecule has 2 heteroatoms. The Kier molecular flexibility index (Phi) is 2.51. The second-order valence-electron chi connectivity index (χ2n) is 5.94. The third kappa shape index (κ3) is 1.61. The molecule has 1 aromatic heterocycles. The molecule has 0 unspecified atom stereocenters. The minimum Gasteiger partial charge on any atom is -0.341 e. The van der Waals surface area contributed by atoms with Crippen LogP contribution in [0.2, 0.25) is 0 Å². The maximum absolute atomic E-state index is 5.02. The fourth-order valence-corrected chi connectivity index (χ4v) is 3.79. The van der Waals surface area contributed by atoms with Gasteiger partial charge in [0.15, 0.2) is 0 Å². The van der Waals surface area contributed by atoms with Gasteiger partial charge in [-0.2, -0.15) is 0 Å². The largest absolute Gasteiger partial charge is 0.341 e. The topological polar surface area (TPSA) is 16.1 Å². The van der Waals surface area contributed by atoms with Gasteiger partial charge in [-0.15, -0.1) is 0 Å². The highest BCUT2D eigenvalue weighted by atomic mass is 15.1. The van der Waals surface area contributed by atoms with Gasteiger partial charge in [-0.25, -0.2) is 4.98 Å². The van der Waals surface area contributed by atoms with Gasteiger partial charge in [0.1, 0.15) is 0 Å². The maximum Gasteiger partial charge on any atom is 0.0830 e. The van der Waals surface area contributed by atoms with Gasteiger partial charge in [0, 0.05) is 22.9 Å². The lowest BCUT2D eigenvalue weighted by Crippen LogP contribution is -2.20. The standard InChI is InChI=1S/C21H16N2/c1-2-23-18-12-6-4-9-16(18)21-20-15(10-7-13-19(20)23)14-8-3-5-11-17(14)22-21/h3-13H,2H2,1H3. The van der Waals surface area contributed by atoms with Crippen molar-refractivity contribution in [3.8, 4) is 11.3 Å². The highest BCUT2D eigenvalue weighted by Gasteiger charge is 2.25. The summed E-state index contributed by atoms with van der Waals surface area (Å²) >= 11 is 0. The summed E-state index contributed by atoms with van der Waals surface area (Å²) in [4.78, 5) is 7.41. The minimum atomic E-state index is 0.947. The summed E-state index contributed by atoms with van der Waals surface area (Å²) in [6.07, 6.45) is 0. The molecule has 0 spiro atoms. The van der Waals surface area contributed by atoms with Crippen LogP contribution in [0.5, 0.6) is 0 Å². The van der Waals surface area contributed by atoms with E-state index in [9.17, 15) is 0 Å². The lowest BCUT2D eigenvalue weighted by atomic mass is 9.93. The number of hydrogen-bond donors (Lipinski definition) is 0. The second kappa shape index (κ2) is 4.56. The van der Waals surface area contributed by atoms with Gasteiger partial charge < -0.3 is 4.90 Å². The Hall–Kier alpha value is -2.87. The Morgan fingerprint density at radius 3 is 2.43 bits per heavy atom. The van der Waals surface area contributed by atoms with Gasteiger partial charge in [-0.05, 0) is 30.5 Å². The number of anilines is 2. The molecule has 0 aliphatic carbocycles. The van der Waals surface area contributed by atoms with E-state index in [-0.39, 0.29) is 0 Å². The first kappa shape index (κ1) is 12.7. The van der Waals surface area contributed by atoms with Crippen molar-refractivity contribution in [2.75, 3.05) is 11.4 Å². The molecule has 0 N–H and O–H groups in total. The fourth-order valence-electron chi connectivity index (χ4n) is 3.79. The van der Waals surface area contributed by atoms with E-state index in [0.29, 0.717) is 0 Å². The van der Waals surface area contributed by atoms with Crippen molar-refractivity contribution in [1.82, 2.24) is 4.98 Å². The molecule has 23 heavy (non-hydrogen) atoms. The van der Waals surface area contributed by atoms with Crippen LogP contribution in [0, 0.1) is 0 Å². The zero-order valence-electron chi connectivity index (χ0n) is 13.0. The number of benzene rings is 3. The summed E-state index contributed by atoms with van der Waals surface area (Å²) in [5.74, 6) is 0. The predicted octanol–water partition coefficient (Wildman–Crippen LogP) is 5.53. The fraction of sp³-hybridized carbons (Fsp3) is 0.0952. The highest BCUT2D eigenvalue weighted by Crippen LogP contribution is 2.47. The molecule has 1 aliphatic heterocycles. The summed E-state index contributed by atoms with van der Waals surface area (Å²) in [7, 11) is 0. The van der Waals surface area contributed by atoms with Crippen LogP contribution >= 0.6 is 0 Å². The summed E-state index contributed by atoms with van der Waals surface area (Å²) in [5.41, 5.74) is 5.90. The van der Waals surface area contributed by atoms with Crippen LogP contribution in [0.4, 0.5) is 11.4 Å². The van der Waals surface area contributed by atoms with Crippen molar-refractivity contribution in [2.24, 2.45) is 0 Å². The zero-order valence-corrected chi connectivity index (χ0v) is 13.0. The Balaban J connectivity index is 2.05. The molecule has 1 aliphatic rings. The van der Waals surface area contributed by atoms with Gasteiger partial charge >= 0.3 is 0 Å². The summed E-state index contributed by atoms with van der Waals surface area (Å²) in [5, 5.41) is 3.78. The van der Waals surface area contributed by atoms with Crippen LogP contribution in [-0.4, -0.2) is 11.5 Å². The third-order valence-electron chi connectivity index (χ3n) is 4.76. The smallest absolute Gasteiger partial charge is 0.0830 e. The van der Waals surface area contributed by atoms with Crippen molar-refractivity contribution in [2.45, 2.75) is 6.92 Å². The summed E-state index contributed by atoms with van der Waals surface area (Å²) in [6, 6.07) is 23.6. The number of para-hydroxylation sites is 2. The first-order chi connectivity index (χ1) is 11.4. The third-order valence-corrected chi connectivity index (χ3v) is 4.76. The molecular formula is C21H16N2. The lowest BCUT2D eigenvalue weighted by Gasteiger charge is -2.32. The second-order valence-corrected chi connectivity index (χ2v) is 5.94. The zero-order chi connectivity index (χ0) is 15.4. The van der Waals surface area contributed by atoms with E-state index < -0.39 is 0 Å². The molecule has 0 fully saturated rings. The molecule has 0 saturated heterocycles. The molecule has 0 bridgehead atoms. The average molecular weight is 296 g/mol. The molecule has 3 aromatic carbocycles. The molecule has 5 rings (SSSR count). The molecule has 0 atom stereocenters. The van der Waals surface area contributed by atoms with Gasteiger partial charge in [0.2, 0.25) is 0 Å². The first-order valence-electron chi connectivity index (χ1n) is 8.07. The van der Waals surface area contributed by atoms with E-state index in [1.54, 1.807) is 0 Å². The van der Waals surface area contributed by atoms with Gasteiger partial charge in [-0.1, -0.05) is 48.5 Å². The number of hydrogen-bond acceptors (Lipinski definition) is 2. The summed E-state index contributed by atoms with van der Waals surface area (Å²) < 4.78 is 0. The van der Waals surface area contributed by atoms with E-state index in [4.69, 9.17) is 4.98 Å². The van der Waals surface area contributed by atoms with Gasteiger partial charge in [0.25, 0.3) is 0 Å². The Bertz CT molecular complexity index is 1070. The Morgan fingerprint density at radius 2 is 1.52 bits per heavy atom. The normalized spacial score (nSPS) is 12.7. The molecule has 0 amide bonds. The molecule has 110 valence electrons. The van der Waals surface area contributed by atoms with Crippen molar-refractivity contribution in [3.05, 3.63) is 66.7 Å². The first-order valence-corrected chi connectivity index (χ1v) is 8.07. The summed E-state index contributed by atoms with van der Waals surface area (Å²) in [6.45, 7) is 3.15. The number of nitrogens with zero attached hydrogens (tertiary/aromatic N) is 2. The monoisotopic (exact) mass is 296 g/mol. The molecule has 0 radical (unpaired) electrons. The van der Waals surface area contributed by atoms with Crippen LogP contribution in [0.25, 0.3) is 32.9 Å². The molecule has 2 heterocycles. The molecule has 2 nitrogen and oxygen atoms in total. The Labute approximate surface area is 135 Å². The van der Waals surface area contributed by atoms with Gasteiger partial charge in [0.05, 0.1) is 22.6 Å². The van der Waals surface area contributed by atoms with Crippen LogP contribution < -0.4 is 4.90 Å². The number of rotatable bonds is 1. The van der Waals surface area contributed by atoms with Crippen molar-refractivity contribution in [1.29, 1.82) is 0 Å². The van der Waals surface area contributed by atoms with Crippen LogP contribution in [0.3, 0.4) is 0 Å². The maximum atomic E-state index is 5.02. The van der Waals surface area contributed by atoms with E-state index in [1.165, 1.54) is 33.1 Å². The number of fused-ring (bicyclic) bond motifs is 4. The van der Waals surface area contributed by atoms with E-state index in [1.807, 2.05) is 0 Å². The van der Waals surface area contributed by atoms with Crippen LogP contribution in [0.1, 0.15) is 6.92 Å². The SMILES string of the molecule is CCN1c2ccccc2-c2nc3ccccc3c3cccc1c23. The Morgan fingerprint density at radius 1 is 0.783 bits per heavy atom. The average Bonchev–Trinajstić information content (AvgIpc) is 2.62. The van der Waals surface area contributed by atoms with Crippen molar-refractivity contribution >= 4 is 33.1 Å². The highest BCUT2D eigenvalue weighted by molar-refractivity contribution is 6.18. The molecular weight excluding hydrogens is 280 g/mol. The molecule has 0 saturated carbocycles. The van der Waals surface area contributed by atoms with Gasteiger partial charge in [-0.3, -0.25) is 0 Å². The molecule has 4 aromatic rings. The quantitative estimate of drug-likeness (QED) is 0.429. The minimum absolute atomic E-state index is 0.947. The predicted molar refractivity (Wildman–Crippen MR) is 97.4 cm³/mol. The van der Waals surface area contributed by atoms with E-state index >= 15 is 0 Å². The van der Waals surface area contributed by atoms with Crippen molar-refractivity contribution in [3.63, 3.8) is 0 Å². The number of pyridine rings is 1. The van der Waals surface area contributed by atoms with Crippen LogP contribution in [-0.2, 0) is 0 Å². The lowest BCUT2D eigenvalue weighted by molar-refractivity contribution is 1.02. The van der Waals surface area contributed by atoms with E-state index in [0.717, 1.165) is 17.8 Å². The van der Waals surface area contributed by atoms with Crippen LogP contribution in [0.15, 0.2) is 66.7 Å². The number of aromatic nitrogens is 1. The van der Waals surface area contributed by atoms with E-state index in [2.05, 4.69) is 78.6 Å². The van der Waals surface area contributed by atoms with Crippen molar-refractivity contribution < 1.29 is 0 Å².